The van der Waals surface area contributed by atoms with Gasteiger partial charge in [0.25, 0.3) is 0 Å². The predicted molar refractivity (Wildman–Crippen MR) is 129 cm³/mol. The third-order valence-electron chi connectivity index (χ3n) is 6.71. The van der Waals surface area contributed by atoms with Crippen molar-refractivity contribution in [2.75, 3.05) is 31.5 Å². The fraction of sp³-hybridized carbons (Fsp3) is 0.640. The topological polar surface area (TPSA) is 104 Å². The Kier molecular flexibility index (Phi) is 7.92. The van der Waals surface area contributed by atoms with Gasteiger partial charge in [0.05, 0.1) is 31.0 Å². The molecule has 186 valence electrons. The number of β-amino-alcohol motifs (C(OH)–C–C–N with tert-alkyl or cyclic N) is 1. The second kappa shape index (κ2) is 11.1. The number of anilines is 1. The molecule has 2 heterocycles. The number of nitrogens with zero attached hydrogens (tertiary/aromatic N) is 3. The number of hydrogen-bond acceptors (Lipinski definition) is 6. The number of nitrogens with one attached hydrogen (secondary N) is 1. The van der Waals surface area contributed by atoms with E-state index in [1.54, 1.807) is 9.80 Å². The molecule has 0 spiro atoms. The first-order valence-corrected chi connectivity index (χ1v) is 12.4. The molecule has 34 heavy (non-hydrogen) atoms. The van der Waals surface area contributed by atoms with Gasteiger partial charge >= 0.3 is 12.1 Å². The van der Waals surface area contributed by atoms with Gasteiger partial charge in [0.15, 0.2) is 0 Å². The first kappa shape index (κ1) is 24.3. The van der Waals surface area contributed by atoms with Crippen LogP contribution in [-0.4, -0.2) is 77.2 Å². The smallest absolute Gasteiger partial charge is 0.410 e. The number of urea groups is 1. The standard InChI is InChI=1S/C25H36N4O5/c1-17(2)33-25(32)28-13-11-23(12-14-28)34-27-21-9-5-19(6-10-21)18-3-7-20(8-4-18)26-24(31)29-15-22(30)16-29/h3-4,7-8,17,19,22-23,30H,5-6,9-16H2,1-2H3,(H,26,31). The summed E-state index contributed by atoms with van der Waals surface area (Å²) in [6.07, 6.45) is 4.74. The highest BCUT2D eigenvalue weighted by Crippen LogP contribution is 2.32. The van der Waals surface area contributed by atoms with E-state index in [0.29, 0.717) is 32.1 Å². The highest BCUT2D eigenvalue weighted by molar-refractivity contribution is 5.90. The maximum absolute atomic E-state index is 12.1. The Balaban J connectivity index is 1.17. The number of carbonyl (C=O) groups excluding carboxylic acids is 2. The number of aliphatic hydroxyl groups excluding tert-OH is 1. The van der Waals surface area contributed by atoms with Gasteiger partial charge in [-0.3, -0.25) is 0 Å². The van der Waals surface area contributed by atoms with Gasteiger partial charge < -0.3 is 29.8 Å². The summed E-state index contributed by atoms with van der Waals surface area (Å²) in [6, 6.07) is 7.89. The molecule has 0 atom stereocenters. The van der Waals surface area contributed by atoms with E-state index in [1.807, 2.05) is 26.0 Å². The van der Waals surface area contributed by atoms with Gasteiger partial charge in [-0.05, 0) is 63.1 Å². The van der Waals surface area contributed by atoms with E-state index in [2.05, 4.69) is 22.6 Å². The highest BCUT2D eigenvalue weighted by Gasteiger charge is 2.29. The van der Waals surface area contributed by atoms with Crippen LogP contribution < -0.4 is 5.32 Å². The number of ether oxygens (including phenoxy) is 1. The van der Waals surface area contributed by atoms with Crippen molar-refractivity contribution in [3.63, 3.8) is 0 Å². The molecule has 0 radical (unpaired) electrons. The molecule has 3 amide bonds. The normalized spacial score (nSPS) is 21.8. The lowest BCUT2D eigenvalue weighted by molar-refractivity contribution is 0.00403. The van der Waals surface area contributed by atoms with Crippen LogP contribution in [0, 0.1) is 0 Å². The fourth-order valence-corrected chi connectivity index (χ4v) is 4.61. The lowest BCUT2D eigenvalue weighted by Crippen LogP contribution is -2.54. The first-order chi connectivity index (χ1) is 16.4. The second-order valence-corrected chi connectivity index (χ2v) is 9.77. The van der Waals surface area contributed by atoms with E-state index in [0.717, 1.165) is 49.9 Å². The maximum Gasteiger partial charge on any atom is 0.410 e. The molecule has 4 rings (SSSR count). The fourth-order valence-electron chi connectivity index (χ4n) is 4.61. The lowest BCUT2D eigenvalue weighted by atomic mass is 9.83. The summed E-state index contributed by atoms with van der Waals surface area (Å²) >= 11 is 0. The van der Waals surface area contributed by atoms with Crippen molar-refractivity contribution in [3.05, 3.63) is 29.8 Å². The number of aliphatic hydroxyl groups is 1. The third kappa shape index (κ3) is 6.40. The summed E-state index contributed by atoms with van der Waals surface area (Å²) in [6.45, 7) is 5.78. The molecule has 9 heteroatoms. The molecule has 9 nitrogen and oxygen atoms in total. The Hall–Kier alpha value is -2.81. The molecular weight excluding hydrogens is 436 g/mol. The van der Waals surface area contributed by atoms with E-state index >= 15 is 0 Å². The van der Waals surface area contributed by atoms with Crippen LogP contribution in [0.1, 0.15) is 63.9 Å². The van der Waals surface area contributed by atoms with Gasteiger partial charge in [-0.1, -0.05) is 17.3 Å². The minimum absolute atomic E-state index is 0.0515. The van der Waals surface area contributed by atoms with Crippen molar-refractivity contribution in [2.45, 2.75) is 76.6 Å². The molecule has 0 bridgehead atoms. The third-order valence-corrected chi connectivity index (χ3v) is 6.71. The van der Waals surface area contributed by atoms with Gasteiger partial charge in [0.1, 0.15) is 6.10 Å². The monoisotopic (exact) mass is 472 g/mol. The largest absolute Gasteiger partial charge is 0.447 e. The number of benzene rings is 1. The lowest BCUT2D eigenvalue weighted by Gasteiger charge is -2.35. The number of amides is 3. The second-order valence-electron chi connectivity index (χ2n) is 9.77. The van der Waals surface area contributed by atoms with E-state index in [4.69, 9.17) is 9.57 Å². The average molecular weight is 473 g/mol. The molecule has 1 aromatic carbocycles. The van der Waals surface area contributed by atoms with Gasteiger partial charge in [-0.25, -0.2) is 9.59 Å². The van der Waals surface area contributed by atoms with Gasteiger partial charge in [-0.15, -0.1) is 0 Å². The number of rotatable bonds is 5. The molecule has 2 aliphatic heterocycles. The van der Waals surface area contributed by atoms with Crippen molar-refractivity contribution >= 4 is 23.5 Å². The van der Waals surface area contributed by atoms with E-state index < -0.39 is 6.10 Å². The minimum atomic E-state index is -0.397. The number of oxime groups is 1. The number of carbonyl (C=O) groups is 2. The zero-order valence-corrected chi connectivity index (χ0v) is 20.1. The Labute approximate surface area is 201 Å². The number of hydrogen-bond donors (Lipinski definition) is 2. The Morgan fingerprint density at radius 3 is 2.26 bits per heavy atom. The van der Waals surface area contributed by atoms with Crippen molar-refractivity contribution in [1.29, 1.82) is 0 Å². The number of likely N-dealkylation sites (tertiary alicyclic amines) is 2. The summed E-state index contributed by atoms with van der Waals surface area (Å²) in [5.74, 6) is 0.476. The van der Waals surface area contributed by atoms with Crippen LogP contribution in [0.15, 0.2) is 29.4 Å². The van der Waals surface area contributed by atoms with Crippen molar-refractivity contribution in [1.82, 2.24) is 9.80 Å². The van der Waals surface area contributed by atoms with Crippen LogP contribution in [0.25, 0.3) is 0 Å². The zero-order valence-electron chi connectivity index (χ0n) is 20.1. The molecule has 0 aromatic heterocycles. The average Bonchev–Trinajstić information content (AvgIpc) is 2.81. The molecule has 3 aliphatic rings. The molecule has 3 fully saturated rings. The molecule has 2 N–H and O–H groups in total. The summed E-state index contributed by atoms with van der Waals surface area (Å²) < 4.78 is 5.26. The Morgan fingerprint density at radius 1 is 1.03 bits per heavy atom. The summed E-state index contributed by atoms with van der Waals surface area (Å²) in [5, 5.41) is 16.7. The van der Waals surface area contributed by atoms with Crippen LogP contribution in [0.4, 0.5) is 15.3 Å². The van der Waals surface area contributed by atoms with Crippen molar-refractivity contribution in [3.8, 4) is 0 Å². The van der Waals surface area contributed by atoms with E-state index in [1.165, 1.54) is 5.56 Å². The molecule has 1 aliphatic carbocycles. The zero-order chi connectivity index (χ0) is 24.1. The molecule has 2 saturated heterocycles. The number of piperidine rings is 1. The molecule has 1 saturated carbocycles. The van der Waals surface area contributed by atoms with Crippen LogP contribution in [0.3, 0.4) is 0 Å². The van der Waals surface area contributed by atoms with E-state index in [-0.39, 0.29) is 24.3 Å². The highest BCUT2D eigenvalue weighted by atomic mass is 16.6. The van der Waals surface area contributed by atoms with Crippen molar-refractivity contribution in [2.24, 2.45) is 5.16 Å². The summed E-state index contributed by atoms with van der Waals surface area (Å²) in [7, 11) is 0. The maximum atomic E-state index is 12.1. The van der Waals surface area contributed by atoms with Gasteiger partial charge in [0, 0.05) is 31.6 Å². The van der Waals surface area contributed by atoms with E-state index in [9.17, 15) is 14.7 Å². The predicted octanol–water partition coefficient (Wildman–Crippen LogP) is 3.93. The van der Waals surface area contributed by atoms with Crippen LogP contribution in [-0.2, 0) is 9.57 Å². The Morgan fingerprint density at radius 2 is 1.68 bits per heavy atom. The first-order valence-electron chi connectivity index (χ1n) is 12.4. The summed E-state index contributed by atoms with van der Waals surface area (Å²) in [5.41, 5.74) is 3.15. The molecule has 1 aromatic rings. The van der Waals surface area contributed by atoms with Gasteiger partial charge in [-0.2, -0.15) is 0 Å². The van der Waals surface area contributed by atoms with Gasteiger partial charge in [0.2, 0.25) is 0 Å². The van der Waals surface area contributed by atoms with Crippen LogP contribution in [0.5, 0.6) is 0 Å². The molecule has 0 unspecified atom stereocenters. The van der Waals surface area contributed by atoms with Crippen LogP contribution >= 0.6 is 0 Å². The summed E-state index contributed by atoms with van der Waals surface area (Å²) in [4.78, 5) is 33.2. The van der Waals surface area contributed by atoms with Crippen LogP contribution in [0.2, 0.25) is 0 Å². The quantitative estimate of drug-likeness (QED) is 0.632. The minimum Gasteiger partial charge on any atom is -0.447 e. The SMILES string of the molecule is CC(C)OC(=O)N1CCC(ON=C2CCC(c3ccc(NC(=O)N4CC(O)C4)cc3)CC2)CC1. The van der Waals surface area contributed by atoms with Crippen molar-refractivity contribution < 1.29 is 24.3 Å². The molecular formula is C25H36N4O5. The Bertz CT molecular complexity index is 864.